The number of rotatable bonds is 3. The number of halogens is 2. The minimum atomic E-state index is -0.526. The molecule has 1 aromatic heterocycles. The van der Waals surface area contributed by atoms with E-state index in [9.17, 15) is 9.59 Å². The molecule has 2 amide bonds. The van der Waals surface area contributed by atoms with Crippen LogP contribution >= 0.6 is 23.2 Å². The van der Waals surface area contributed by atoms with E-state index in [4.69, 9.17) is 23.2 Å². The fourth-order valence-electron chi connectivity index (χ4n) is 2.35. The lowest BCUT2D eigenvalue weighted by atomic mass is 10.0. The first-order valence-corrected chi connectivity index (χ1v) is 7.65. The third-order valence-corrected chi connectivity index (χ3v) is 3.98. The topological polar surface area (TPSA) is 88.9 Å². The summed E-state index contributed by atoms with van der Waals surface area (Å²) in [6.45, 7) is 2.04. The van der Waals surface area contributed by atoms with Crippen molar-refractivity contribution in [3.63, 3.8) is 0 Å². The molecule has 0 spiro atoms. The number of carbonyl (C=O) groups excluding carboxylic acids is 2. The summed E-state index contributed by atoms with van der Waals surface area (Å²) in [6.07, 6.45) is 0.00697. The Bertz CT molecular complexity index is 789. The Morgan fingerprint density at radius 2 is 2.26 bits per heavy atom. The number of amides is 2. The minimum Gasteiger partial charge on any atom is -0.325 e. The third-order valence-electron chi connectivity index (χ3n) is 3.41. The van der Waals surface area contributed by atoms with Gasteiger partial charge in [-0.05, 0) is 25.1 Å². The van der Waals surface area contributed by atoms with Crippen molar-refractivity contribution in [2.45, 2.75) is 19.9 Å². The molecule has 9 heteroatoms. The average molecular weight is 354 g/mol. The van der Waals surface area contributed by atoms with Crippen LogP contribution in [0.3, 0.4) is 0 Å². The molecule has 120 valence electrons. The number of nitrogens with zero attached hydrogens (tertiary/aromatic N) is 3. The van der Waals surface area contributed by atoms with Crippen LogP contribution in [0, 0.1) is 12.8 Å². The van der Waals surface area contributed by atoms with Crippen LogP contribution in [-0.2, 0) is 16.1 Å². The maximum absolute atomic E-state index is 12.2. The predicted octanol–water partition coefficient (Wildman–Crippen LogP) is 2.49. The molecule has 2 aromatic rings. The number of fused-ring (bicyclic) bond motifs is 1. The summed E-state index contributed by atoms with van der Waals surface area (Å²) in [5.74, 6) is -0.133. The zero-order valence-electron chi connectivity index (χ0n) is 12.1. The summed E-state index contributed by atoms with van der Waals surface area (Å²) in [5.41, 5.74) is 0.415. The van der Waals surface area contributed by atoms with Crippen molar-refractivity contribution in [2.24, 2.45) is 5.92 Å². The number of benzene rings is 1. The normalized spacial score (nSPS) is 16.7. The highest BCUT2D eigenvalue weighted by Crippen LogP contribution is 2.26. The minimum absolute atomic E-state index is 0.00697. The smallest absolute Gasteiger partial charge is 0.232 e. The summed E-state index contributed by atoms with van der Waals surface area (Å²) >= 11 is 11.9. The first-order chi connectivity index (χ1) is 10.9. The summed E-state index contributed by atoms with van der Waals surface area (Å²) in [4.78, 5) is 28.3. The average Bonchev–Trinajstić information content (AvgIpc) is 2.82. The van der Waals surface area contributed by atoms with Crippen LogP contribution in [0.1, 0.15) is 12.2 Å². The van der Waals surface area contributed by atoms with Gasteiger partial charge in [-0.3, -0.25) is 14.9 Å². The van der Waals surface area contributed by atoms with E-state index in [1.54, 1.807) is 29.8 Å². The van der Waals surface area contributed by atoms with Gasteiger partial charge < -0.3 is 5.32 Å². The summed E-state index contributed by atoms with van der Waals surface area (Å²) in [7, 11) is 0. The van der Waals surface area contributed by atoms with Crippen molar-refractivity contribution >= 4 is 46.7 Å². The highest BCUT2D eigenvalue weighted by molar-refractivity contribution is 6.35. The molecule has 0 saturated heterocycles. The van der Waals surface area contributed by atoms with E-state index in [-0.39, 0.29) is 18.2 Å². The zero-order valence-corrected chi connectivity index (χ0v) is 13.6. The number of hydrogen-bond donors (Lipinski definition) is 2. The van der Waals surface area contributed by atoms with E-state index in [0.29, 0.717) is 34.1 Å². The van der Waals surface area contributed by atoms with Crippen molar-refractivity contribution in [1.82, 2.24) is 14.8 Å². The molecular weight excluding hydrogens is 341 g/mol. The first-order valence-electron chi connectivity index (χ1n) is 6.89. The largest absolute Gasteiger partial charge is 0.325 e. The van der Waals surface area contributed by atoms with Crippen LogP contribution in [0.5, 0.6) is 0 Å². The van der Waals surface area contributed by atoms with Crippen LogP contribution < -0.4 is 10.6 Å². The lowest BCUT2D eigenvalue weighted by Crippen LogP contribution is -2.36. The van der Waals surface area contributed by atoms with Crippen molar-refractivity contribution < 1.29 is 9.59 Å². The molecule has 1 aliphatic rings. The van der Waals surface area contributed by atoms with Crippen molar-refractivity contribution in [2.75, 3.05) is 10.6 Å². The van der Waals surface area contributed by atoms with Gasteiger partial charge in [-0.25, -0.2) is 4.68 Å². The number of anilines is 2. The molecule has 0 saturated carbocycles. The standard InChI is InChI=1S/C14H13Cl2N5O2/c1-7-17-14-19-13(23)8(6-21(14)20-7)4-12(22)18-11-5-9(15)2-3-10(11)16/h2-3,5,8H,4,6H2,1H3,(H,18,22)(H,17,19,20,23). The van der Waals surface area contributed by atoms with E-state index in [1.807, 2.05) is 0 Å². The van der Waals surface area contributed by atoms with Gasteiger partial charge in [0.1, 0.15) is 5.82 Å². The molecule has 2 N–H and O–H groups in total. The van der Waals surface area contributed by atoms with Crippen LogP contribution in [0.2, 0.25) is 10.0 Å². The molecule has 0 radical (unpaired) electrons. The van der Waals surface area contributed by atoms with E-state index in [2.05, 4.69) is 20.7 Å². The number of aromatic nitrogens is 3. The number of nitrogens with one attached hydrogen (secondary N) is 2. The number of hydrogen-bond acceptors (Lipinski definition) is 4. The summed E-state index contributed by atoms with van der Waals surface area (Å²) < 4.78 is 1.58. The van der Waals surface area contributed by atoms with Gasteiger partial charge >= 0.3 is 0 Å². The first kappa shape index (κ1) is 15.8. The SMILES string of the molecule is Cc1nc2n(n1)CC(CC(=O)Nc1cc(Cl)ccc1Cl)C(=O)N2. The monoisotopic (exact) mass is 353 g/mol. The van der Waals surface area contributed by atoms with Crippen LogP contribution in [0.25, 0.3) is 0 Å². The lowest BCUT2D eigenvalue weighted by molar-refractivity contribution is -0.125. The quantitative estimate of drug-likeness (QED) is 0.886. The summed E-state index contributed by atoms with van der Waals surface area (Å²) in [5, 5.41) is 10.3. The van der Waals surface area contributed by atoms with Crippen LogP contribution in [0.15, 0.2) is 18.2 Å². The second-order valence-corrected chi connectivity index (χ2v) is 6.07. The summed E-state index contributed by atoms with van der Waals surface area (Å²) in [6, 6.07) is 4.78. The molecule has 1 aliphatic heterocycles. The third kappa shape index (κ3) is 3.46. The maximum atomic E-state index is 12.2. The van der Waals surface area contributed by atoms with Crippen molar-refractivity contribution in [3.05, 3.63) is 34.1 Å². The molecule has 7 nitrogen and oxygen atoms in total. The van der Waals surface area contributed by atoms with Gasteiger partial charge in [-0.15, -0.1) is 0 Å². The highest BCUT2D eigenvalue weighted by Gasteiger charge is 2.30. The van der Waals surface area contributed by atoms with E-state index < -0.39 is 5.92 Å². The second kappa shape index (κ2) is 6.17. The molecule has 0 bridgehead atoms. The van der Waals surface area contributed by atoms with E-state index >= 15 is 0 Å². The van der Waals surface area contributed by atoms with Gasteiger partial charge in [-0.1, -0.05) is 23.2 Å². The molecule has 1 aromatic carbocycles. The molecule has 1 atom stereocenters. The Kier molecular flexibility index (Phi) is 4.23. The van der Waals surface area contributed by atoms with Crippen LogP contribution in [-0.4, -0.2) is 26.6 Å². The highest BCUT2D eigenvalue weighted by atomic mass is 35.5. The predicted molar refractivity (Wildman–Crippen MR) is 86.6 cm³/mol. The van der Waals surface area contributed by atoms with Gasteiger partial charge in [0, 0.05) is 11.4 Å². The molecule has 1 unspecified atom stereocenters. The number of aryl methyl sites for hydroxylation is 1. The second-order valence-electron chi connectivity index (χ2n) is 5.23. The Morgan fingerprint density at radius 3 is 3.04 bits per heavy atom. The Labute approximate surface area is 142 Å². The van der Waals surface area contributed by atoms with Gasteiger partial charge in [0.05, 0.1) is 23.2 Å². The lowest BCUT2D eigenvalue weighted by Gasteiger charge is -2.21. The van der Waals surface area contributed by atoms with Crippen LogP contribution in [0.4, 0.5) is 11.6 Å². The van der Waals surface area contributed by atoms with Gasteiger partial charge in [0.2, 0.25) is 17.8 Å². The fourth-order valence-corrected chi connectivity index (χ4v) is 2.69. The van der Waals surface area contributed by atoms with Crippen molar-refractivity contribution in [3.8, 4) is 0 Å². The molecule has 23 heavy (non-hydrogen) atoms. The zero-order chi connectivity index (χ0) is 16.6. The Balaban J connectivity index is 1.68. The Morgan fingerprint density at radius 1 is 1.48 bits per heavy atom. The molecule has 3 rings (SSSR count). The molecule has 2 heterocycles. The van der Waals surface area contributed by atoms with Gasteiger partial charge in [0.15, 0.2) is 0 Å². The molecular formula is C14H13Cl2N5O2. The van der Waals surface area contributed by atoms with E-state index in [0.717, 1.165) is 0 Å². The van der Waals surface area contributed by atoms with Gasteiger partial charge in [-0.2, -0.15) is 10.1 Å². The van der Waals surface area contributed by atoms with Crippen molar-refractivity contribution in [1.29, 1.82) is 0 Å². The Hall–Kier alpha value is -2.12. The maximum Gasteiger partial charge on any atom is 0.232 e. The number of carbonyl (C=O) groups is 2. The van der Waals surface area contributed by atoms with Gasteiger partial charge in [0.25, 0.3) is 0 Å². The molecule has 0 fully saturated rings. The molecule has 0 aliphatic carbocycles. The van der Waals surface area contributed by atoms with E-state index in [1.165, 1.54) is 0 Å². The fraction of sp³-hybridized carbons (Fsp3) is 0.286.